The van der Waals surface area contributed by atoms with Gasteiger partial charge in [0.05, 0.1) is 0 Å². The lowest BCUT2D eigenvalue weighted by Gasteiger charge is -2.14. The van der Waals surface area contributed by atoms with E-state index in [0.29, 0.717) is 19.6 Å². The Balaban J connectivity index is 4.40. The molecule has 0 aromatic carbocycles. The zero-order valence-electron chi connectivity index (χ0n) is 11.4. The number of rotatable bonds is 6. The van der Waals surface area contributed by atoms with Crippen LogP contribution in [0.3, 0.4) is 0 Å². The zero-order chi connectivity index (χ0) is 14.7. The Bertz CT molecular complexity index is 351. The lowest BCUT2D eigenvalue weighted by Crippen LogP contribution is -2.30. The average molecular weight is 266 g/mol. The SMILES string of the molecule is CC(=O)N=CCN(CC=NC(C)=O)CC=NC(C)=O. The van der Waals surface area contributed by atoms with Gasteiger partial charge in [0.2, 0.25) is 17.7 Å². The molecule has 0 fully saturated rings. The van der Waals surface area contributed by atoms with Crippen LogP contribution in [0.1, 0.15) is 20.8 Å². The smallest absolute Gasteiger partial charge is 0.242 e. The van der Waals surface area contributed by atoms with E-state index in [9.17, 15) is 14.4 Å². The monoisotopic (exact) mass is 266 g/mol. The van der Waals surface area contributed by atoms with Gasteiger partial charge in [-0.25, -0.2) is 15.0 Å². The molecule has 0 aliphatic carbocycles. The topological polar surface area (TPSA) is 91.5 Å². The fourth-order valence-corrected chi connectivity index (χ4v) is 1.08. The molecule has 19 heavy (non-hydrogen) atoms. The number of amides is 3. The van der Waals surface area contributed by atoms with Crippen LogP contribution in [0.15, 0.2) is 15.0 Å². The first-order valence-electron chi connectivity index (χ1n) is 5.73. The van der Waals surface area contributed by atoms with Gasteiger partial charge in [0.25, 0.3) is 0 Å². The Kier molecular flexibility index (Phi) is 8.90. The molecule has 0 aliphatic rings. The van der Waals surface area contributed by atoms with Crippen LogP contribution in [-0.4, -0.2) is 60.9 Å². The van der Waals surface area contributed by atoms with Crippen molar-refractivity contribution in [1.82, 2.24) is 4.90 Å². The first kappa shape index (κ1) is 17.0. The van der Waals surface area contributed by atoms with Crippen molar-refractivity contribution in [3.05, 3.63) is 0 Å². The highest BCUT2D eigenvalue weighted by atomic mass is 16.2. The van der Waals surface area contributed by atoms with Crippen LogP contribution in [-0.2, 0) is 14.4 Å². The normalized spacial score (nSPS) is 12.0. The van der Waals surface area contributed by atoms with Crippen molar-refractivity contribution >= 4 is 36.4 Å². The third-order valence-electron chi connectivity index (χ3n) is 1.84. The lowest BCUT2D eigenvalue weighted by atomic mass is 10.4. The molecule has 0 saturated heterocycles. The van der Waals surface area contributed by atoms with Crippen LogP contribution in [0.2, 0.25) is 0 Å². The quantitative estimate of drug-likeness (QED) is 0.639. The molecule has 0 aromatic heterocycles. The summed E-state index contributed by atoms with van der Waals surface area (Å²) in [7, 11) is 0. The number of aliphatic imine (C=N–C) groups is 3. The highest BCUT2D eigenvalue weighted by Gasteiger charge is 2.00. The molecule has 0 radical (unpaired) electrons. The fourth-order valence-electron chi connectivity index (χ4n) is 1.08. The van der Waals surface area contributed by atoms with Gasteiger partial charge in [-0.05, 0) is 0 Å². The zero-order valence-corrected chi connectivity index (χ0v) is 11.4. The summed E-state index contributed by atoms with van der Waals surface area (Å²) < 4.78 is 0. The van der Waals surface area contributed by atoms with Crippen molar-refractivity contribution in [3.8, 4) is 0 Å². The number of nitrogens with zero attached hydrogens (tertiary/aromatic N) is 4. The fraction of sp³-hybridized carbons (Fsp3) is 0.500. The molecule has 0 N–H and O–H groups in total. The second kappa shape index (κ2) is 9.95. The summed E-state index contributed by atoms with van der Waals surface area (Å²) in [4.78, 5) is 44.7. The van der Waals surface area contributed by atoms with E-state index < -0.39 is 0 Å². The molecule has 3 amide bonds. The molecule has 0 spiro atoms. The minimum atomic E-state index is -0.283. The van der Waals surface area contributed by atoms with E-state index in [0.717, 1.165) is 0 Å². The molecule has 0 unspecified atom stereocenters. The van der Waals surface area contributed by atoms with Gasteiger partial charge in [-0.2, -0.15) is 0 Å². The van der Waals surface area contributed by atoms with Gasteiger partial charge < -0.3 is 0 Å². The summed E-state index contributed by atoms with van der Waals surface area (Å²) in [6.07, 6.45) is 4.39. The maximum Gasteiger partial charge on any atom is 0.242 e. The third-order valence-corrected chi connectivity index (χ3v) is 1.84. The minimum absolute atomic E-state index is 0.283. The summed E-state index contributed by atoms with van der Waals surface area (Å²) in [6, 6.07) is 0. The van der Waals surface area contributed by atoms with Gasteiger partial charge in [0.1, 0.15) is 0 Å². The van der Waals surface area contributed by atoms with E-state index in [1.807, 2.05) is 4.90 Å². The molecule has 104 valence electrons. The molecule has 0 saturated carbocycles. The highest BCUT2D eigenvalue weighted by molar-refractivity contribution is 5.86. The Morgan fingerprint density at radius 3 is 1.21 bits per heavy atom. The van der Waals surface area contributed by atoms with Gasteiger partial charge in [-0.15, -0.1) is 0 Å². The Hall–Kier alpha value is -2.02. The van der Waals surface area contributed by atoms with Crippen molar-refractivity contribution in [2.45, 2.75) is 20.8 Å². The highest BCUT2D eigenvalue weighted by Crippen LogP contribution is 1.85. The first-order chi connectivity index (χ1) is 8.91. The Morgan fingerprint density at radius 2 is 1.00 bits per heavy atom. The number of carbonyl (C=O) groups is 3. The minimum Gasteiger partial charge on any atom is -0.288 e. The third kappa shape index (κ3) is 12.2. The van der Waals surface area contributed by atoms with E-state index in [-0.39, 0.29) is 17.7 Å². The largest absolute Gasteiger partial charge is 0.288 e. The van der Waals surface area contributed by atoms with Gasteiger partial charge in [0.15, 0.2) is 0 Å². The van der Waals surface area contributed by atoms with Crippen molar-refractivity contribution in [3.63, 3.8) is 0 Å². The van der Waals surface area contributed by atoms with Crippen LogP contribution in [0.25, 0.3) is 0 Å². The van der Waals surface area contributed by atoms with Crippen LogP contribution in [0.5, 0.6) is 0 Å². The molecule has 7 nitrogen and oxygen atoms in total. The van der Waals surface area contributed by atoms with Crippen LogP contribution < -0.4 is 0 Å². The van der Waals surface area contributed by atoms with Crippen LogP contribution in [0.4, 0.5) is 0 Å². The molecular weight excluding hydrogens is 248 g/mol. The number of hydrogen-bond donors (Lipinski definition) is 0. The number of hydrogen-bond acceptors (Lipinski definition) is 4. The van der Waals surface area contributed by atoms with E-state index in [1.54, 1.807) is 0 Å². The van der Waals surface area contributed by atoms with Crippen molar-refractivity contribution in [1.29, 1.82) is 0 Å². The molecular formula is C12H18N4O3. The average Bonchev–Trinajstić information content (AvgIpc) is 2.26. The standard InChI is InChI=1S/C12H18N4O3/c1-10(17)13-4-7-16(8-5-14-11(2)18)9-6-15-12(3)19/h4-6H,7-9H2,1-3H3. The molecule has 0 atom stereocenters. The molecule has 0 aromatic rings. The first-order valence-corrected chi connectivity index (χ1v) is 5.73. The maximum atomic E-state index is 10.7. The summed E-state index contributed by atoms with van der Waals surface area (Å²) in [5, 5.41) is 0. The van der Waals surface area contributed by atoms with Crippen molar-refractivity contribution < 1.29 is 14.4 Å². The lowest BCUT2D eigenvalue weighted by molar-refractivity contribution is -0.116. The molecule has 0 aliphatic heterocycles. The summed E-state index contributed by atoms with van der Waals surface area (Å²) in [5.41, 5.74) is 0. The summed E-state index contributed by atoms with van der Waals surface area (Å²) >= 11 is 0. The summed E-state index contributed by atoms with van der Waals surface area (Å²) in [5.74, 6) is -0.848. The molecule has 0 heterocycles. The number of carbonyl (C=O) groups excluding carboxylic acids is 3. The predicted molar refractivity (Wildman–Crippen MR) is 74.0 cm³/mol. The second-order valence-electron chi connectivity index (χ2n) is 3.71. The Morgan fingerprint density at radius 1 is 0.737 bits per heavy atom. The van der Waals surface area contributed by atoms with Crippen LogP contribution in [0, 0.1) is 0 Å². The maximum absolute atomic E-state index is 10.7. The van der Waals surface area contributed by atoms with Gasteiger partial charge >= 0.3 is 0 Å². The molecule has 7 heteroatoms. The van der Waals surface area contributed by atoms with Crippen molar-refractivity contribution in [2.75, 3.05) is 19.6 Å². The molecule has 0 rings (SSSR count). The van der Waals surface area contributed by atoms with E-state index in [4.69, 9.17) is 0 Å². The van der Waals surface area contributed by atoms with E-state index in [1.165, 1.54) is 39.4 Å². The van der Waals surface area contributed by atoms with E-state index in [2.05, 4.69) is 15.0 Å². The molecule has 0 bridgehead atoms. The van der Waals surface area contributed by atoms with E-state index >= 15 is 0 Å². The van der Waals surface area contributed by atoms with Gasteiger partial charge in [0, 0.05) is 59.0 Å². The summed E-state index contributed by atoms with van der Waals surface area (Å²) in [6.45, 7) is 5.26. The van der Waals surface area contributed by atoms with Crippen molar-refractivity contribution in [2.24, 2.45) is 15.0 Å². The Labute approximate surface area is 112 Å². The van der Waals surface area contributed by atoms with Gasteiger partial charge in [-0.3, -0.25) is 19.3 Å². The second-order valence-corrected chi connectivity index (χ2v) is 3.71. The predicted octanol–water partition coefficient (Wildman–Crippen LogP) is 0.140. The van der Waals surface area contributed by atoms with Gasteiger partial charge in [-0.1, -0.05) is 0 Å². The van der Waals surface area contributed by atoms with Crippen LogP contribution >= 0.6 is 0 Å².